The second-order valence-electron chi connectivity index (χ2n) is 5.45. The quantitative estimate of drug-likeness (QED) is 0.782. The van der Waals surface area contributed by atoms with Gasteiger partial charge in [0.25, 0.3) is 0 Å². The van der Waals surface area contributed by atoms with Crippen LogP contribution in [0.3, 0.4) is 0 Å². The van der Waals surface area contributed by atoms with Gasteiger partial charge in [-0.2, -0.15) is 0 Å². The Morgan fingerprint density at radius 2 is 1.88 bits per heavy atom. The van der Waals surface area contributed by atoms with E-state index in [1.54, 1.807) is 6.92 Å². The van der Waals surface area contributed by atoms with Gasteiger partial charge in [-0.05, 0) is 12.8 Å². The lowest BCUT2D eigenvalue weighted by atomic mass is 9.96. The fourth-order valence-electron chi connectivity index (χ4n) is 1.54. The maximum absolute atomic E-state index is 11.6. The standard InChI is InChI=1S/C12H22N2O2/c1-9(15)14(10-5-6-10)8-7-13-11(16)12(2,3)4/h10H,5-8H2,1-4H3,(H,13,16). The molecule has 4 heteroatoms. The molecule has 0 bridgehead atoms. The topological polar surface area (TPSA) is 49.4 Å². The monoisotopic (exact) mass is 226 g/mol. The molecule has 0 aromatic carbocycles. The highest BCUT2D eigenvalue weighted by Gasteiger charge is 2.30. The minimum Gasteiger partial charge on any atom is -0.354 e. The molecule has 92 valence electrons. The molecule has 0 spiro atoms. The van der Waals surface area contributed by atoms with Crippen molar-refractivity contribution in [3.63, 3.8) is 0 Å². The van der Waals surface area contributed by atoms with Crippen LogP contribution in [0.1, 0.15) is 40.5 Å². The number of hydrogen-bond donors (Lipinski definition) is 1. The predicted molar refractivity (Wildman–Crippen MR) is 62.9 cm³/mol. The Morgan fingerprint density at radius 3 is 2.25 bits per heavy atom. The molecular weight excluding hydrogens is 204 g/mol. The van der Waals surface area contributed by atoms with Gasteiger partial charge in [0.2, 0.25) is 11.8 Å². The third-order valence-corrected chi connectivity index (χ3v) is 2.71. The van der Waals surface area contributed by atoms with Crippen LogP contribution in [-0.4, -0.2) is 35.8 Å². The van der Waals surface area contributed by atoms with Crippen LogP contribution in [-0.2, 0) is 9.59 Å². The van der Waals surface area contributed by atoms with E-state index in [-0.39, 0.29) is 17.2 Å². The van der Waals surface area contributed by atoms with Crippen molar-refractivity contribution in [2.75, 3.05) is 13.1 Å². The Morgan fingerprint density at radius 1 is 1.31 bits per heavy atom. The lowest BCUT2D eigenvalue weighted by molar-refractivity contribution is -0.131. The Balaban J connectivity index is 2.28. The highest BCUT2D eigenvalue weighted by molar-refractivity contribution is 5.81. The molecule has 1 aliphatic carbocycles. The lowest BCUT2D eigenvalue weighted by Crippen LogP contribution is -2.42. The Labute approximate surface area is 97.4 Å². The van der Waals surface area contributed by atoms with Gasteiger partial charge in [-0.3, -0.25) is 9.59 Å². The molecule has 4 nitrogen and oxygen atoms in total. The van der Waals surface area contributed by atoms with E-state index in [2.05, 4.69) is 5.32 Å². The number of carbonyl (C=O) groups is 2. The summed E-state index contributed by atoms with van der Waals surface area (Å²) in [5, 5.41) is 2.86. The summed E-state index contributed by atoms with van der Waals surface area (Å²) in [6.45, 7) is 8.40. The van der Waals surface area contributed by atoms with Crippen LogP contribution >= 0.6 is 0 Å². The van der Waals surface area contributed by atoms with Crippen molar-refractivity contribution in [2.24, 2.45) is 5.41 Å². The van der Waals surface area contributed by atoms with E-state index in [0.717, 1.165) is 12.8 Å². The van der Waals surface area contributed by atoms with Crippen molar-refractivity contribution < 1.29 is 9.59 Å². The minimum absolute atomic E-state index is 0.0341. The van der Waals surface area contributed by atoms with E-state index in [9.17, 15) is 9.59 Å². The first kappa shape index (κ1) is 13.0. The van der Waals surface area contributed by atoms with Crippen molar-refractivity contribution in [3.05, 3.63) is 0 Å². The van der Waals surface area contributed by atoms with E-state index < -0.39 is 0 Å². The van der Waals surface area contributed by atoms with Crippen LogP contribution < -0.4 is 5.32 Å². The van der Waals surface area contributed by atoms with E-state index in [4.69, 9.17) is 0 Å². The molecule has 0 unspecified atom stereocenters. The summed E-state index contributed by atoms with van der Waals surface area (Å²) in [7, 11) is 0. The molecule has 0 aromatic rings. The number of hydrogen-bond acceptors (Lipinski definition) is 2. The number of nitrogens with zero attached hydrogens (tertiary/aromatic N) is 1. The molecule has 0 heterocycles. The molecule has 0 atom stereocenters. The molecule has 1 aliphatic rings. The summed E-state index contributed by atoms with van der Waals surface area (Å²) in [4.78, 5) is 24.7. The third-order valence-electron chi connectivity index (χ3n) is 2.71. The number of rotatable bonds is 4. The average molecular weight is 226 g/mol. The van der Waals surface area contributed by atoms with E-state index >= 15 is 0 Å². The molecule has 1 fully saturated rings. The van der Waals surface area contributed by atoms with Gasteiger partial charge in [0.05, 0.1) is 0 Å². The van der Waals surface area contributed by atoms with Gasteiger partial charge < -0.3 is 10.2 Å². The lowest BCUT2D eigenvalue weighted by Gasteiger charge is -2.22. The molecule has 1 rings (SSSR count). The fraction of sp³-hybridized carbons (Fsp3) is 0.833. The molecule has 2 amide bonds. The van der Waals surface area contributed by atoms with Crippen molar-refractivity contribution in [3.8, 4) is 0 Å². The zero-order valence-corrected chi connectivity index (χ0v) is 10.7. The van der Waals surface area contributed by atoms with Crippen molar-refractivity contribution in [2.45, 2.75) is 46.6 Å². The summed E-state index contributed by atoms with van der Waals surface area (Å²) in [6.07, 6.45) is 2.21. The molecule has 0 saturated heterocycles. The SMILES string of the molecule is CC(=O)N(CCNC(=O)C(C)(C)C)C1CC1. The van der Waals surface area contributed by atoms with E-state index in [1.165, 1.54) is 0 Å². The summed E-state index contributed by atoms with van der Waals surface area (Å²) in [6, 6.07) is 0.420. The van der Waals surface area contributed by atoms with E-state index in [0.29, 0.717) is 19.1 Å². The van der Waals surface area contributed by atoms with Gasteiger partial charge in [-0.15, -0.1) is 0 Å². The Bertz CT molecular complexity index is 277. The normalized spacial score (nSPS) is 15.8. The van der Waals surface area contributed by atoms with Crippen LogP contribution in [0, 0.1) is 5.41 Å². The van der Waals surface area contributed by atoms with Gasteiger partial charge in [0, 0.05) is 31.5 Å². The van der Waals surface area contributed by atoms with Crippen LogP contribution in [0.25, 0.3) is 0 Å². The smallest absolute Gasteiger partial charge is 0.225 e. The first-order chi connectivity index (χ1) is 7.32. The van der Waals surface area contributed by atoms with Gasteiger partial charge in [-0.1, -0.05) is 20.8 Å². The summed E-state index contributed by atoms with van der Waals surface area (Å²) in [5.41, 5.74) is -0.360. The van der Waals surface area contributed by atoms with Crippen LogP contribution in [0.4, 0.5) is 0 Å². The highest BCUT2D eigenvalue weighted by atomic mass is 16.2. The van der Waals surface area contributed by atoms with Gasteiger partial charge in [0.15, 0.2) is 0 Å². The molecule has 1 N–H and O–H groups in total. The maximum Gasteiger partial charge on any atom is 0.225 e. The van der Waals surface area contributed by atoms with Gasteiger partial charge >= 0.3 is 0 Å². The maximum atomic E-state index is 11.6. The number of amides is 2. The second-order valence-corrected chi connectivity index (χ2v) is 5.45. The van der Waals surface area contributed by atoms with Crippen LogP contribution in [0.15, 0.2) is 0 Å². The first-order valence-electron chi connectivity index (χ1n) is 5.88. The van der Waals surface area contributed by atoms with Crippen LogP contribution in [0.5, 0.6) is 0 Å². The fourth-order valence-corrected chi connectivity index (χ4v) is 1.54. The van der Waals surface area contributed by atoms with Crippen LogP contribution in [0.2, 0.25) is 0 Å². The molecule has 0 aliphatic heterocycles. The van der Waals surface area contributed by atoms with Gasteiger partial charge in [-0.25, -0.2) is 0 Å². The van der Waals surface area contributed by atoms with Crippen molar-refractivity contribution in [1.82, 2.24) is 10.2 Å². The Kier molecular flexibility index (Phi) is 3.94. The molecular formula is C12H22N2O2. The summed E-state index contributed by atoms with van der Waals surface area (Å²) >= 11 is 0. The molecule has 16 heavy (non-hydrogen) atoms. The second kappa shape index (κ2) is 4.85. The first-order valence-corrected chi connectivity index (χ1v) is 5.88. The van der Waals surface area contributed by atoms with Gasteiger partial charge in [0.1, 0.15) is 0 Å². The Hall–Kier alpha value is -1.06. The zero-order valence-electron chi connectivity index (χ0n) is 10.7. The summed E-state index contributed by atoms with van der Waals surface area (Å²) in [5.74, 6) is 0.138. The third kappa shape index (κ3) is 3.83. The van der Waals surface area contributed by atoms with E-state index in [1.807, 2.05) is 25.7 Å². The minimum atomic E-state index is -0.360. The predicted octanol–water partition coefficient (Wildman–Crippen LogP) is 1.16. The van der Waals surface area contributed by atoms with Crippen molar-refractivity contribution in [1.29, 1.82) is 0 Å². The average Bonchev–Trinajstić information content (AvgIpc) is 2.93. The zero-order chi connectivity index (χ0) is 12.3. The van der Waals surface area contributed by atoms with Crippen molar-refractivity contribution >= 4 is 11.8 Å². The molecule has 1 saturated carbocycles. The number of carbonyl (C=O) groups excluding carboxylic acids is 2. The molecule has 0 aromatic heterocycles. The largest absolute Gasteiger partial charge is 0.354 e. The highest BCUT2D eigenvalue weighted by Crippen LogP contribution is 2.26. The summed E-state index contributed by atoms with van der Waals surface area (Å²) < 4.78 is 0. The molecule has 0 radical (unpaired) electrons. The number of nitrogens with one attached hydrogen (secondary N) is 1.